The third-order valence-corrected chi connectivity index (χ3v) is 2.92. The van der Waals surface area contributed by atoms with E-state index >= 15 is 0 Å². The summed E-state index contributed by atoms with van der Waals surface area (Å²) in [6.45, 7) is 0.388. The van der Waals surface area contributed by atoms with E-state index in [9.17, 15) is 14.3 Å². The van der Waals surface area contributed by atoms with Gasteiger partial charge in [-0.1, -0.05) is 18.2 Å². The van der Waals surface area contributed by atoms with Crippen LogP contribution in [-0.4, -0.2) is 17.6 Å². The number of carbonyl (C=O) groups excluding carboxylic acids is 1. The van der Waals surface area contributed by atoms with Crippen molar-refractivity contribution in [3.8, 4) is 5.75 Å². The van der Waals surface area contributed by atoms with Crippen molar-refractivity contribution in [3.63, 3.8) is 0 Å². The number of anilines is 1. The Morgan fingerprint density at radius 1 is 1.20 bits per heavy atom. The average molecular weight is 274 g/mol. The van der Waals surface area contributed by atoms with Crippen LogP contribution >= 0.6 is 0 Å². The second-order valence-corrected chi connectivity index (χ2v) is 4.38. The van der Waals surface area contributed by atoms with Gasteiger partial charge in [-0.25, -0.2) is 4.39 Å². The number of nitrogens with one attached hydrogen (secondary N) is 1. The first-order valence-corrected chi connectivity index (χ1v) is 6.18. The maximum Gasteiger partial charge on any atom is 0.255 e. The molecule has 4 nitrogen and oxygen atoms in total. The Hall–Kier alpha value is -2.56. The number of hydrogen-bond acceptors (Lipinski definition) is 3. The fraction of sp³-hybridized carbons (Fsp3) is 0.133. The second kappa shape index (κ2) is 6.06. The molecular weight excluding hydrogens is 259 g/mol. The molecule has 0 bridgehead atoms. The molecule has 0 aliphatic carbocycles. The molecule has 20 heavy (non-hydrogen) atoms. The monoisotopic (exact) mass is 274 g/mol. The fourth-order valence-corrected chi connectivity index (χ4v) is 1.81. The maximum atomic E-state index is 12.7. The number of rotatable bonds is 4. The Kier molecular flexibility index (Phi) is 4.20. The highest BCUT2D eigenvalue weighted by Gasteiger charge is 2.12. The van der Waals surface area contributed by atoms with Gasteiger partial charge in [0, 0.05) is 6.54 Å². The molecule has 104 valence electrons. The van der Waals surface area contributed by atoms with Gasteiger partial charge in [0.15, 0.2) is 5.75 Å². The van der Waals surface area contributed by atoms with Gasteiger partial charge in [0.25, 0.3) is 5.91 Å². The molecule has 0 atom stereocenters. The minimum Gasteiger partial charge on any atom is -0.505 e. The van der Waals surface area contributed by atoms with Gasteiger partial charge >= 0.3 is 0 Å². The van der Waals surface area contributed by atoms with Gasteiger partial charge in [-0.15, -0.1) is 0 Å². The van der Waals surface area contributed by atoms with E-state index in [1.807, 2.05) is 0 Å². The zero-order valence-electron chi connectivity index (χ0n) is 10.8. The van der Waals surface area contributed by atoms with Crippen molar-refractivity contribution in [3.05, 3.63) is 59.4 Å². The number of hydrogen-bond donors (Lipinski definition) is 3. The van der Waals surface area contributed by atoms with Crippen LogP contribution in [0.2, 0.25) is 0 Å². The number of halogens is 1. The van der Waals surface area contributed by atoms with Crippen molar-refractivity contribution in [2.45, 2.75) is 6.42 Å². The highest BCUT2D eigenvalue weighted by Crippen LogP contribution is 2.23. The van der Waals surface area contributed by atoms with Gasteiger partial charge < -0.3 is 16.2 Å². The summed E-state index contributed by atoms with van der Waals surface area (Å²) in [5.41, 5.74) is 6.75. The molecule has 2 aromatic rings. The molecule has 0 aromatic heterocycles. The normalized spacial score (nSPS) is 10.2. The van der Waals surface area contributed by atoms with Crippen LogP contribution < -0.4 is 11.1 Å². The summed E-state index contributed by atoms with van der Waals surface area (Å²) in [7, 11) is 0. The Balaban J connectivity index is 1.92. The Morgan fingerprint density at radius 2 is 1.90 bits per heavy atom. The van der Waals surface area contributed by atoms with Gasteiger partial charge in [-0.2, -0.15) is 0 Å². The Bertz CT molecular complexity index is 612. The van der Waals surface area contributed by atoms with Gasteiger partial charge in [-0.3, -0.25) is 4.79 Å². The molecular formula is C15H15FN2O2. The van der Waals surface area contributed by atoms with Crippen molar-refractivity contribution < 1.29 is 14.3 Å². The average Bonchev–Trinajstić information content (AvgIpc) is 2.44. The van der Waals surface area contributed by atoms with Gasteiger partial charge in [-0.05, 0) is 36.2 Å². The Morgan fingerprint density at radius 3 is 2.60 bits per heavy atom. The van der Waals surface area contributed by atoms with E-state index in [0.717, 1.165) is 5.56 Å². The zero-order valence-corrected chi connectivity index (χ0v) is 10.8. The number of phenols is 1. The lowest BCUT2D eigenvalue weighted by Crippen LogP contribution is -2.25. The summed E-state index contributed by atoms with van der Waals surface area (Å²) < 4.78 is 12.7. The summed E-state index contributed by atoms with van der Waals surface area (Å²) >= 11 is 0. The zero-order chi connectivity index (χ0) is 14.5. The number of phenolic OH excluding ortho intramolecular Hbond substituents is 1. The summed E-state index contributed by atoms with van der Waals surface area (Å²) in [6, 6.07) is 10.7. The quantitative estimate of drug-likeness (QED) is 0.590. The highest BCUT2D eigenvalue weighted by molar-refractivity contribution is 5.98. The van der Waals surface area contributed by atoms with Gasteiger partial charge in [0.2, 0.25) is 0 Å². The van der Waals surface area contributed by atoms with Crippen LogP contribution in [0.4, 0.5) is 10.1 Å². The number of aromatic hydroxyl groups is 1. The number of amides is 1. The predicted molar refractivity (Wildman–Crippen MR) is 75.0 cm³/mol. The van der Waals surface area contributed by atoms with E-state index in [0.29, 0.717) is 13.0 Å². The smallest absolute Gasteiger partial charge is 0.255 e. The van der Waals surface area contributed by atoms with Crippen LogP contribution in [0.3, 0.4) is 0 Å². The molecule has 0 aliphatic rings. The number of para-hydroxylation sites is 1. The molecule has 4 N–H and O–H groups in total. The molecule has 0 aliphatic heterocycles. The molecule has 2 rings (SSSR count). The van der Waals surface area contributed by atoms with Crippen LogP contribution in [0, 0.1) is 5.82 Å². The summed E-state index contributed by atoms with van der Waals surface area (Å²) in [5, 5.41) is 12.4. The lowest BCUT2D eigenvalue weighted by molar-refractivity contribution is 0.0951. The van der Waals surface area contributed by atoms with Crippen LogP contribution in [-0.2, 0) is 6.42 Å². The first-order valence-electron chi connectivity index (χ1n) is 6.18. The summed E-state index contributed by atoms with van der Waals surface area (Å²) in [4.78, 5) is 11.9. The van der Waals surface area contributed by atoms with E-state index in [2.05, 4.69) is 5.32 Å². The van der Waals surface area contributed by atoms with Crippen LogP contribution in [0.15, 0.2) is 42.5 Å². The van der Waals surface area contributed by atoms with Crippen molar-refractivity contribution in [1.82, 2.24) is 5.32 Å². The maximum absolute atomic E-state index is 12.7. The second-order valence-electron chi connectivity index (χ2n) is 4.38. The van der Waals surface area contributed by atoms with Gasteiger partial charge in [0.1, 0.15) is 5.82 Å². The largest absolute Gasteiger partial charge is 0.505 e. The fourth-order valence-electron chi connectivity index (χ4n) is 1.81. The first kappa shape index (κ1) is 13.9. The number of benzene rings is 2. The molecule has 0 unspecified atom stereocenters. The van der Waals surface area contributed by atoms with Crippen molar-refractivity contribution in [1.29, 1.82) is 0 Å². The van der Waals surface area contributed by atoms with E-state index in [4.69, 9.17) is 5.73 Å². The van der Waals surface area contributed by atoms with Crippen LogP contribution in [0.5, 0.6) is 5.75 Å². The topological polar surface area (TPSA) is 75.4 Å². The first-order chi connectivity index (χ1) is 9.58. The molecule has 0 saturated carbocycles. The highest BCUT2D eigenvalue weighted by atomic mass is 19.1. The minimum absolute atomic E-state index is 0.143. The standard InChI is InChI=1S/C15H15FN2O2/c16-11-6-4-10(5-7-11)8-9-18-15(20)12-2-1-3-13(17)14(12)19/h1-7,19H,8-9,17H2,(H,18,20). The molecule has 0 saturated heterocycles. The molecule has 0 fully saturated rings. The van der Waals surface area contributed by atoms with E-state index in [-0.39, 0.29) is 22.8 Å². The molecule has 5 heteroatoms. The van der Waals surface area contributed by atoms with Crippen molar-refractivity contribution >= 4 is 11.6 Å². The van der Waals surface area contributed by atoms with Crippen molar-refractivity contribution in [2.75, 3.05) is 12.3 Å². The van der Waals surface area contributed by atoms with Gasteiger partial charge in [0.05, 0.1) is 11.3 Å². The number of carbonyl (C=O) groups is 1. The van der Waals surface area contributed by atoms with E-state index in [1.54, 1.807) is 18.2 Å². The van der Waals surface area contributed by atoms with E-state index < -0.39 is 5.91 Å². The lowest BCUT2D eigenvalue weighted by Gasteiger charge is -2.08. The third-order valence-electron chi connectivity index (χ3n) is 2.92. The summed E-state index contributed by atoms with van der Waals surface area (Å²) in [6.07, 6.45) is 0.578. The minimum atomic E-state index is -0.392. The van der Waals surface area contributed by atoms with Crippen LogP contribution in [0.1, 0.15) is 15.9 Å². The third kappa shape index (κ3) is 3.26. The molecule has 2 aromatic carbocycles. The lowest BCUT2D eigenvalue weighted by atomic mass is 10.1. The number of nitrogens with two attached hydrogens (primary N) is 1. The van der Waals surface area contributed by atoms with Crippen molar-refractivity contribution in [2.24, 2.45) is 0 Å². The van der Waals surface area contributed by atoms with E-state index in [1.165, 1.54) is 24.3 Å². The molecule has 0 spiro atoms. The molecule has 0 radical (unpaired) electrons. The predicted octanol–water partition coefficient (Wildman–Crippen LogP) is 2.09. The Labute approximate surface area is 116 Å². The number of nitrogen functional groups attached to an aromatic ring is 1. The van der Waals surface area contributed by atoms with Crippen LogP contribution in [0.25, 0.3) is 0 Å². The SMILES string of the molecule is Nc1cccc(C(=O)NCCc2ccc(F)cc2)c1O. The molecule has 0 heterocycles. The summed E-state index contributed by atoms with van der Waals surface area (Å²) in [5.74, 6) is -0.897. The molecule has 1 amide bonds.